The number of halogens is 2. The van der Waals surface area contributed by atoms with E-state index in [4.69, 9.17) is 0 Å². The van der Waals surface area contributed by atoms with Crippen molar-refractivity contribution in [2.75, 3.05) is 4.90 Å². The molecule has 0 spiro atoms. The highest BCUT2D eigenvalue weighted by Crippen LogP contribution is 2.52. The Morgan fingerprint density at radius 3 is 1.81 bits per heavy atom. The van der Waals surface area contributed by atoms with Gasteiger partial charge in [0.25, 0.3) is 0 Å². The quantitative estimate of drug-likeness (QED) is 0.550. The van der Waals surface area contributed by atoms with Gasteiger partial charge in [0.2, 0.25) is 0 Å². The summed E-state index contributed by atoms with van der Waals surface area (Å²) in [6.45, 7) is 3.86. The van der Waals surface area contributed by atoms with Gasteiger partial charge in [0, 0.05) is 18.7 Å². The number of amides is 1. The summed E-state index contributed by atoms with van der Waals surface area (Å²) in [6, 6.07) is 7.80. The fourth-order valence-corrected chi connectivity index (χ4v) is 5.31. The Kier molecular flexibility index (Phi) is 3.80. The van der Waals surface area contributed by atoms with Crippen LogP contribution in [0, 0.1) is 13.8 Å². The summed E-state index contributed by atoms with van der Waals surface area (Å²) in [5.74, 6) is 0. The van der Waals surface area contributed by atoms with E-state index in [1.807, 2.05) is 38.1 Å². The Labute approximate surface area is 143 Å². The van der Waals surface area contributed by atoms with E-state index >= 15 is 0 Å². The summed E-state index contributed by atoms with van der Waals surface area (Å²) in [5.41, 5.74) is 3.35. The van der Waals surface area contributed by atoms with Gasteiger partial charge in [0.05, 0.1) is 11.4 Å². The van der Waals surface area contributed by atoms with Crippen molar-refractivity contribution in [2.24, 2.45) is 0 Å². The molecule has 0 unspecified atom stereocenters. The zero-order valence-electron chi connectivity index (χ0n) is 11.3. The molecule has 2 aromatic carbocycles. The van der Waals surface area contributed by atoms with Crippen molar-refractivity contribution >= 4 is 61.1 Å². The average Bonchev–Trinajstić information content (AvgIpc) is 2.35. The van der Waals surface area contributed by atoms with Crippen LogP contribution in [0.25, 0.3) is 0 Å². The van der Waals surface area contributed by atoms with Crippen molar-refractivity contribution in [2.45, 2.75) is 23.6 Å². The lowest BCUT2D eigenvalue weighted by Crippen LogP contribution is -2.28. The average molecular weight is 429 g/mol. The van der Waals surface area contributed by atoms with E-state index in [-0.39, 0.29) is 0 Å². The van der Waals surface area contributed by atoms with Crippen LogP contribution in [-0.4, -0.2) is 11.2 Å². The second-order valence-electron chi connectivity index (χ2n) is 4.86. The molecule has 6 heteroatoms. The van der Waals surface area contributed by atoms with Crippen molar-refractivity contribution in [1.29, 1.82) is 0 Å². The molecule has 0 fully saturated rings. The molecule has 1 aliphatic rings. The van der Waals surface area contributed by atoms with E-state index < -0.39 is 6.09 Å². The predicted octanol–water partition coefficient (Wildman–Crippen LogP) is 6.11. The van der Waals surface area contributed by atoms with Crippen LogP contribution in [0.5, 0.6) is 0 Å². The van der Waals surface area contributed by atoms with Crippen LogP contribution >= 0.6 is 43.6 Å². The summed E-state index contributed by atoms with van der Waals surface area (Å²) in [6.07, 6.45) is -0.964. The van der Waals surface area contributed by atoms with Gasteiger partial charge >= 0.3 is 6.09 Å². The zero-order chi connectivity index (χ0) is 15.3. The molecule has 0 saturated heterocycles. The second kappa shape index (κ2) is 5.34. The smallest absolute Gasteiger partial charge is 0.416 e. The third kappa shape index (κ3) is 2.49. The van der Waals surface area contributed by atoms with Gasteiger partial charge in [0.15, 0.2) is 0 Å². The topological polar surface area (TPSA) is 40.5 Å². The first kappa shape index (κ1) is 14.9. The summed E-state index contributed by atoms with van der Waals surface area (Å²) >= 11 is 8.55. The fourth-order valence-electron chi connectivity index (χ4n) is 2.56. The van der Waals surface area contributed by atoms with Crippen molar-refractivity contribution < 1.29 is 9.90 Å². The standard InChI is InChI=1S/C15H11Br2NO2S/c1-7-3-9(16)5-11-13(7)18(15(19)20)14-8(2)4-10(17)6-12(14)21-11/h3-6H,1-2H3,(H,19,20). The molecule has 3 nitrogen and oxygen atoms in total. The maximum Gasteiger partial charge on any atom is 0.416 e. The van der Waals surface area contributed by atoms with E-state index in [2.05, 4.69) is 31.9 Å². The van der Waals surface area contributed by atoms with E-state index in [0.717, 1.165) is 41.2 Å². The Balaban J connectivity index is 2.33. The van der Waals surface area contributed by atoms with Crippen LogP contribution in [0.3, 0.4) is 0 Å². The van der Waals surface area contributed by atoms with Crippen molar-refractivity contribution in [3.05, 3.63) is 44.3 Å². The van der Waals surface area contributed by atoms with Crippen LogP contribution in [0.15, 0.2) is 43.0 Å². The normalized spacial score (nSPS) is 12.9. The van der Waals surface area contributed by atoms with Gasteiger partial charge in [-0.1, -0.05) is 43.6 Å². The largest absolute Gasteiger partial charge is 0.464 e. The number of carboxylic acid groups (broad SMARTS) is 1. The SMILES string of the molecule is Cc1cc(Br)cc2c1N(C(=O)O)c1c(C)cc(Br)cc1S2. The van der Waals surface area contributed by atoms with E-state index in [0.29, 0.717) is 0 Å². The Bertz CT molecular complexity index is 719. The molecule has 21 heavy (non-hydrogen) atoms. The number of rotatable bonds is 0. The zero-order valence-corrected chi connectivity index (χ0v) is 15.3. The van der Waals surface area contributed by atoms with Crippen LogP contribution in [0.4, 0.5) is 16.2 Å². The van der Waals surface area contributed by atoms with Crippen LogP contribution in [-0.2, 0) is 0 Å². The van der Waals surface area contributed by atoms with Gasteiger partial charge in [-0.3, -0.25) is 0 Å². The number of hydrogen-bond acceptors (Lipinski definition) is 2. The number of anilines is 2. The molecule has 1 heterocycles. The van der Waals surface area contributed by atoms with Gasteiger partial charge in [-0.05, 0) is 49.2 Å². The lowest BCUT2D eigenvalue weighted by molar-refractivity contribution is 0.204. The van der Waals surface area contributed by atoms with Gasteiger partial charge in [-0.25, -0.2) is 9.69 Å². The monoisotopic (exact) mass is 427 g/mol. The van der Waals surface area contributed by atoms with Crippen molar-refractivity contribution in [3.63, 3.8) is 0 Å². The van der Waals surface area contributed by atoms with E-state index in [1.54, 1.807) is 11.8 Å². The van der Waals surface area contributed by atoms with Gasteiger partial charge in [-0.15, -0.1) is 0 Å². The maximum atomic E-state index is 11.8. The van der Waals surface area contributed by atoms with Crippen molar-refractivity contribution in [3.8, 4) is 0 Å². The second-order valence-corrected chi connectivity index (χ2v) is 7.77. The number of hydrogen-bond donors (Lipinski definition) is 1. The van der Waals surface area contributed by atoms with Gasteiger partial charge in [0.1, 0.15) is 0 Å². The van der Waals surface area contributed by atoms with Crippen molar-refractivity contribution in [1.82, 2.24) is 0 Å². The molecule has 0 bridgehead atoms. The molecule has 108 valence electrons. The van der Waals surface area contributed by atoms with E-state index in [9.17, 15) is 9.90 Å². The van der Waals surface area contributed by atoms with E-state index in [1.165, 1.54) is 4.90 Å². The summed E-state index contributed by atoms with van der Waals surface area (Å²) in [4.78, 5) is 15.1. The first-order valence-electron chi connectivity index (χ1n) is 6.19. The molecular formula is C15H11Br2NO2S. The minimum Gasteiger partial charge on any atom is -0.464 e. The number of carbonyl (C=O) groups is 1. The molecule has 0 saturated carbocycles. The van der Waals surface area contributed by atoms with Gasteiger partial charge < -0.3 is 5.11 Å². The lowest BCUT2D eigenvalue weighted by Gasteiger charge is -2.32. The molecule has 1 N–H and O–H groups in total. The molecule has 0 atom stereocenters. The summed E-state index contributed by atoms with van der Waals surface area (Å²) in [7, 11) is 0. The third-order valence-corrected chi connectivity index (χ3v) is 5.30. The minimum absolute atomic E-state index is 0.744. The Morgan fingerprint density at radius 1 is 1.00 bits per heavy atom. The molecular weight excluding hydrogens is 418 g/mol. The highest BCUT2D eigenvalue weighted by molar-refractivity contribution is 9.10. The fraction of sp³-hybridized carbons (Fsp3) is 0.133. The highest BCUT2D eigenvalue weighted by atomic mass is 79.9. The minimum atomic E-state index is -0.964. The molecule has 0 radical (unpaired) electrons. The van der Waals surface area contributed by atoms with Crippen LogP contribution in [0.1, 0.15) is 11.1 Å². The Morgan fingerprint density at radius 2 is 1.43 bits per heavy atom. The Hall–Kier alpha value is -0.980. The third-order valence-electron chi connectivity index (χ3n) is 3.32. The maximum absolute atomic E-state index is 11.8. The molecule has 0 aliphatic carbocycles. The first-order valence-corrected chi connectivity index (χ1v) is 8.60. The van der Waals surface area contributed by atoms with Gasteiger partial charge in [-0.2, -0.15) is 0 Å². The number of aryl methyl sites for hydroxylation is 2. The number of benzene rings is 2. The van der Waals surface area contributed by atoms with Crippen LogP contribution in [0.2, 0.25) is 0 Å². The summed E-state index contributed by atoms with van der Waals surface area (Å²) < 4.78 is 1.90. The lowest BCUT2D eigenvalue weighted by atomic mass is 10.1. The number of nitrogens with zero attached hydrogens (tertiary/aromatic N) is 1. The molecule has 2 aromatic rings. The van der Waals surface area contributed by atoms with Crippen LogP contribution < -0.4 is 4.90 Å². The summed E-state index contributed by atoms with van der Waals surface area (Å²) in [5, 5.41) is 9.71. The first-order chi connectivity index (χ1) is 9.88. The highest BCUT2D eigenvalue weighted by Gasteiger charge is 2.31. The molecule has 0 aromatic heterocycles. The predicted molar refractivity (Wildman–Crippen MR) is 92.0 cm³/mol. The molecule has 1 amide bonds. The molecule has 3 rings (SSSR count). The number of fused-ring (bicyclic) bond motifs is 2. The molecule has 1 aliphatic heterocycles.